The molecular weight excluding hydrogens is 410 g/mol. The zero-order valence-electron chi connectivity index (χ0n) is 16.4. The lowest BCUT2D eigenvalue weighted by Crippen LogP contribution is -2.27. The predicted octanol–water partition coefficient (Wildman–Crippen LogP) is 4.35. The van der Waals surface area contributed by atoms with Crippen LogP contribution in [0.15, 0.2) is 71.6 Å². The number of aryl methyl sites for hydroxylation is 1. The van der Waals surface area contributed by atoms with Crippen molar-refractivity contribution in [2.24, 2.45) is 0 Å². The van der Waals surface area contributed by atoms with Crippen molar-refractivity contribution in [2.75, 3.05) is 11.8 Å². The van der Waals surface area contributed by atoms with Gasteiger partial charge in [-0.25, -0.2) is 17.2 Å². The van der Waals surface area contributed by atoms with Gasteiger partial charge in [-0.2, -0.15) is 0 Å². The number of carbonyl (C=O) groups excluding carboxylic acids is 1. The second-order valence-corrected chi connectivity index (χ2v) is 8.50. The molecule has 0 saturated heterocycles. The summed E-state index contributed by atoms with van der Waals surface area (Å²) >= 11 is 0. The van der Waals surface area contributed by atoms with Gasteiger partial charge < -0.3 is 4.90 Å². The van der Waals surface area contributed by atoms with E-state index in [0.717, 1.165) is 6.07 Å². The fraction of sp³-hybridized carbons (Fsp3) is 0.136. The third-order valence-corrected chi connectivity index (χ3v) is 5.94. The van der Waals surface area contributed by atoms with Crippen molar-refractivity contribution in [3.05, 3.63) is 95.1 Å². The lowest BCUT2D eigenvalue weighted by molar-refractivity contribution is 0.0783. The van der Waals surface area contributed by atoms with Gasteiger partial charge in [-0.1, -0.05) is 36.4 Å². The first-order valence-corrected chi connectivity index (χ1v) is 10.5. The van der Waals surface area contributed by atoms with Crippen LogP contribution in [0, 0.1) is 18.6 Å². The first kappa shape index (κ1) is 21.4. The quantitative estimate of drug-likeness (QED) is 0.632. The lowest BCUT2D eigenvalue weighted by Gasteiger charge is -2.19. The molecule has 0 saturated carbocycles. The molecule has 3 aromatic carbocycles. The van der Waals surface area contributed by atoms with Crippen molar-refractivity contribution in [3.63, 3.8) is 0 Å². The van der Waals surface area contributed by atoms with E-state index in [1.165, 1.54) is 54.4 Å². The van der Waals surface area contributed by atoms with E-state index in [0.29, 0.717) is 11.1 Å². The van der Waals surface area contributed by atoms with E-state index in [9.17, 15) is 22.0 Å². The van der Waals surface area contributed by atoms with Crippen LogP contribution in [-0.2, 0) is 16.6 Å². The number of para-hydroxylation sites is 1. The molecule has 0 aliphatic carbocycles. The predicted molar refractivity (Wildman–Crippen MR) is 111 cm³/mol. The van der Waals surface area contributed by atoms with Crippen LogP contribution in [0.1, 0.15) is 21.5 Å². The van der Waals surface area contributed by atoms with Gasteiger partial charge in [0.1, 0.15) is 11.6 Å². The largest absolute Gasteiger partial charge is 0.337 e. The average Bonchev–Trinajstić information content (AvgIpc) is 2.71. The molecule has 0 fully saturated rings. The summed E-state index contributed by atoms with van der Waals surface area (Å²) in [6.45, 7) is 1.69. The van der Waals surface area contributed by atoms with E-state index >= 15 is 0 Å². The fourth-order valence-corrected chi connectivity index (χ4v) is 4.00. The fourth-order valence-electron chi connectivity index (χ4n) is 2.91. The normalized spacial score (nSPS) is 11.2. The van der Waals surface area contributed by atoms with E-state index in [1.54, 1.807) is 25.1 Å². The standard InChI is InChI=1S/C22H20F2N2O3S/c1-15-11-12-17(30(28,29)25-21-10-6-5-9-20(21)24)13-18(15)22(27)26(2)14-16-7-3-4-8-19(16)23/h3-13,25H,14H2,1-2H3. The number of rotatable bonds is 6. The summed E-state index contributed by atoms with van der Waals surface area (Å²) in [5, 5.41) is 0. The Hall–Kier alpha value is -3.26. The SMILES string of the molecule is Cc1ccc(S(=O)(=O)Nc2ccccc2F)cc1C(=O)N(C)Cc1ccccc1F. The Labute approximate surface area is 174 Å². The molecule has 3 aromatic rings. The number of halogens is 2. The molecule has 0 bridgehead atoms. The summed E-state index contributed by atoms with van der Waals surface area (Å²) in [5.74, 6) is -1.60. The van der Waals surface area contributed by atoms with Gasteiger partial charge in [-0.15, -0.1) is 0 Å². The zero-order chi connectivity index (χ0) is 21.9. The van der Waals surface area contributed by atoms with Crippen molar-refractivity contribution in [2.45, 2.75) is 18.4 Å². The Morgan fingerprint density at radius 1 is 0.967 bits per heavy atom. The summed E-state index contributed by atoms with van der Waals surface area (Å²) in [6.07, 6.45) is 0. The maximum atomic E-state index is 13.9. The smallest absolute Gasteiger partial charge is 0.262 e. The number of nitrogens with one attached hydrogen (secondary N) is 1. The molecule has 0 radical (unpaired) electrons. The molecule has 156 valence electrons. The Morgan fingerprint density at radius 2 is 1.60 bits per heavy atom. The number of amides is 1. The summed E-state index contributed by atoms with van der Waals surface area (Å²) in [7, 11) is -2.61. The molecule has 0 unspecified atom stereocenters. The van der Waals surface area contributed by atoms with E-state index < -0.39 is 27.6 Å². The first-order valence-electron chi connectivity index (χ1n) is 9.06. The molecule has 0 aliphatic heterocycles. The molecular formula is C22H20F2N2O3S. The highest BCUT2D eigenvalue weighted by Crippen LogP contribution is 2.22. The Kier molecular flexibility index (Phi) is 6.17. The minimum atomic E-state index is -4.12. The first-order chi connectivity index (χ1) is 14.2. The Balaban J connectivity index is 1.88. The number of hydrogen-bond acceptors (Lipinski definition) is 3. The number of hydrogen-bond donors (Lipinski definition) is 1. The third-order valence-electron chi connectivity index (χ3n) is 4.58. The molecule has 3 rings (SSSR count). The van der Waals surface area contributed by atoms with Crippen LogP contribution in [0.3, 0.4) is 0 Å². The average molecular weight is 430 g/mol. The molecule has 0 aliphatic rings. The van der Waals surface area contributed by atoms with Gasteiger partial charge in [0.25, 0.3) is 15.9 Å². The number of anilines is 1. The van der Waals surface area contributed by atoms with Crippen molar-refractivity contribution in [3.8, 4) is 0 Å². The highest BCUT2D eigenvalue weighted by atomic mass is 32.2. The van der Waals surface area contributed by atoms with Gasteiger partial charge in [-0.3, -0.25) is 9.52 Å². The summed E-state index contributed by atoms with van der Waals surface area (Å²) in [6, 6.07) is 15.6. The molecule has 1 amide bonds. The number of nitrogens with zero attached hydrogens (tertiary/aromatic N) is 1. The molecule has 5 nitrogen and oxygen atoms in total. The van der Waals surface area contributed by atoms with Crippen LogP contribution in [0.25, 0.3) is 0 Å². The van der Waals surface area contributed by atoms with Gasteiger partial charge in [-0.05, 0) is 42.8 Å². The monoisotopic (exact) mass is 430 g/mol. The van der Waals surface area contributed by atoms with Crippen molar-refractivity contribution in [1.82, 2.24) is 4.90 Å². The van der Waals surface area contributed by atoms with E-state index in [1.807, 2.05) is 0 Å². The van der Waals surface area contributed by atoms with Crippen LogP contribution in [0.2, 0.25) is 0 Å². The second-order valence-electron chi connectivity index (χ2n) is 6.81. The van der Waals surface area contributed by atoms with Crippen molar-refractivity contribution in [1.29, 1.82) is 0 Å². The van der Waals surface area contributed by atoms with Crippen molar-refractivity contribution < 1.29 is 22.0 Å². The van der Waals surface area contributed by atoms with E-state index in [-0.39, 0.29) is 22.7 Å². The number of benzene rings is 3. The zero-order valence-corrected chi connectivity index (χ0v) is 17.2. The third kappa shape index (κ3) is 4.65. The van der Waals surface area contributed by atoms with Crippen molar-refractivity contribution >= 4 is 21.6 Å². The summed E-state index contributed by atoms with van der Waals surface area (Å²) in [5.41, 5.74) is 0.870. The second kappa shape index (κ2) is 8.62. The maximum absolute atomic E-state index is 13.9. The van der Waals surface area contributed by atoms with Crippen LogP contribution >= 0.6 is 0 Å². The molecule has 1 N–H and O–H groups in total. The van der Waals surface area contributed by atoms with Gasteiger partial charge in [0.05, 0.1) is 10.6 Å². The van der Waals surface area contributed by atoms with Gasteiger partial charge in [0.15, 0.2) is 0 Å². The minimum Gasteiger partial charge on any atom is -0.337 e. The molecule has 0 aromatic heterocycles. The molecule has 8 heteroatoms. The van der Waals surface area contributed by atoms with Crippen LogP contribution in [-0.4, -0.2) is 26.3 Å². The van der Waals surface area contributed by atoms with Crippen LogP contribution < -0.4 is 4.72 Å². The van der Waals surface area contributed by atoms with Crippen LogP contribution in [0.5, 0.6) is 0 Å². The Bertz CT molecular complexity index is 1200. The Morgan fingerprint density at radius 3 is 2.27 bits per heavy atom. The molecule has 0 atom stereocenters. The minimum absolute atomic E-state index is 0.0232. The van der Waals surface area contributed by atoms with Crippen LogP contribution in [0.4, 0.5) is 14.5 Å². The number of sulfonamides is 1. The van der Waals surface area contributed by atoms with E-state index in [4.69, 9.17) is 0 Å². The van der Waals surface area contributed by atoms with Gasteiger partial charge >= 0.3 is 0 Å². The summed E-state index contributed by atoms with van der Waals surface area (Å²) < 4.78 is 55.3. The maximum Gasteiger partial charge on any atom is 0.262 e. The highest BCUT2D eigenvalue weighted by Gasteiger charge is 2.21. The highest BCUT2D eigenvalue weighted by molar-refractivity contribution is 7.92. The van der Waals surface area contributed by atoms with E-state index in [2.05, 4.69) is 4.72 Å². The topological polar surface area (TPSA) is 66.5 Å². The molecule has 0 spiro atoms. The van der Waals surface area contributed by atoms with Gasteiger partial charge in [0.2, 0.25) is 0 Å². The summed E-state index contributed by atoms with van der Waals surface area (Å²) in [4.78, 5) is 14.0. The lowest BCUT2D eigenvalue weighted by atomic mass is 10.1. The van der Waals surface area contributed by atoms with Gasteiger partial charge in [0, 0.05) is 24.7 Å². The molecule has 30 heavy (non-hydrogen) atoms. The number of carbonyl (C=O) groups is 1. The molecule has 0 heterocycles.